The van der Waals surface area contributed by atoms with Crippen LogP contribution in [0.15, 0.2) is 46.5 Å². The molecule has 0 spiro atoms. The first-order valence-corrected chi connectivity index (χ1v) is 7.86. The van der Waals surface area contributed by atoms with Crippen LogP contribution in [0.2, 0.25) is 5.02 Å². The number of benzene rings is 1. The highest BCUT2D eigenvalue weighted by molar-refractivity contribution is 7.99. The van der Waals surface area contributed by atoms with Gasteiger partial charge in [0, 0.05) is 28.7 Å². The van der Waals surface area contributed by atoms with Crippen LogP contribution in [-0.2, 0) is 6.54 Å². The second-order valence-electron chi connectivity index (χ2n) is 5.06. The summed E-state index contributed by atoms with van der Waals surface area (Å²) in [5, 5.41) is 5.18. The average Bonchev–Trinajstić information content (AvgIpc) is 2.39. The Hall–Kier alpha value is -1.03. The summed E-state index contributed by atoms with van der Waals surface area (Å²) >= 11 is 7.65. The van der Waals surface area contributed by atoms with Crippen LogP contribution < -0.4 is 5.32 Å². The molecule has 0 atom stereocenters. The Morgan fingerprint density at radius 2 is 2.10 bits per heavy atom. The molecule has 4 heteroatoms. The number of rotatable bonds is 5. The average molecular weight is 307 g/mol. The Kier molecular flexibility index (Phi) is 5.46. The Bertz CT molecular complexity index is 584. The van der Waals surface area contributed by atoms with Crippen LogP contribution >= 0.6 is 23.4 Å². The lowest BCUT2D eigenvalue weighted by Gasteiger charge is -2.10. The van der Waals surface area contributed by atoms with Crippen LogP contribution in [0.4, 0.5) is 0 Å². The van der Waals surface area contributed by atoms with Gasteiger partial charge >= 0.3 is 0 Å². The molecule has 2 nitrogen and oxygen atoms in total. The molecule has 106 valence electrons. The molecule has 0 fully saturated rings. The molecule has 0 amide bonds. The normalized spacial score (nSPS) is 11.1. The summed E-state index contributed by atoms with van der Waals surface area (Å²) in [6.07, 6.45) is 1.94. The van der Waals surface area contributed by atoms with Crippen molar-refractivity contribution in [3.05, 3.63) is 52.7 Å². The van der Waals surface area contributed by atoms with Gasteiger partial charge in [-0.1, -0.05) is 49.3 Å². The molecule has 2 rings (SSSR count). The fourth-order valence-corrected chi connectivity index (χ4v) is 2.92. The van der Waals surface area contributed by atoms with E-state index in [0.717, 1.165) is 21.5 Å². The van der Waals surface area contributed by atoms with Gasteiger partial charge in [0.15, 0.2) is 0 Å². The predicted octanol–water partition coefficient (Wildman–Crippen LogP) is 4.69. The first-order chi connectivity index (χ1) is 9.54. The van der Waals surface area contributed by atoms with Gasteiger partial charge in [0.2, 0.25) is 0 Å². The van der Waals surface area contributed by atoms with Crippen molar-refractivity contribution < 1.29 is 0 Å². The molecule has 1 heterocycles. The van der Waals surface area contributed by atoms with Crippen molar-refractivity contribution in [2.24, 2.45) is 0 Å². The number of nitrogens with zero attached hydrogens (tertiary/aromatic N) is 1. The molecule has 1 aromatic heterocycles. The summed E-state index contributed by atoms with van der Waals surface area (Å²) < 4.78 is 0. The quantitative estimate of drug-likeness (QED) is 0.867. The lowest BCUT2D eigenvalue weighted by Crippen LogP contribution is -2.21. The maximum atomic E-state index is 6.00. The Labute approximate surface area is 130 Å². The lowest BCUT2D eigenvalue weighted by molar-refractivity contribution is 0.587. The first kappa shape index (κ1) is 15.4. The Morgan fingerprint density at radius 3 is 2.75 bits per heavy atom. The number of hydrogen-bond acceptors (Lipinski definition) is 3. The van der Waals surface area contributed by atoms with Crippen molar-refractivity contribution in [3.8, 4) is 0 Å². The first-order valence-electron chi connectivity index (χ1n) is 6.67. The van der Waals surface area contributed by atoms with E-state index in [1.165, 1.54) is 11.1 Å². The monoisotopic (exact) mass is 306 g/mol. The van der Waals surface area contributed by atoms with E-state index in [1.807, 2.05) is 30.5 Å². The van der Waals surface area contributed by atoms with E-state index in [9.17, 15) is 0 Å². The minimum Gasteiger partial charge on any atom is -0.310 e. The van der Waals surface area contributed by atoms with Crippen LogP contribution in [0, 0.1) is 6.92 Å². The molecule has 0 saturated carbocycles. The summed E-state index contributed by atoms with van der Waals surface area (Å²) in [5.74, 6) is 0. The molecule has 1 N–H and O–H groups in total. The predicted molar refractivity (Wildman–Crippen MR) is 86.5 cm³/mol. The van der Waals surface area contributed by atoms with Crippen molar-refractivity contribution >= 4 is 23.4 Å². The molecule has 1 aromatic carbocycles. The van der Waals surface area contributed by atoms with Crippen molar-refractivity contribution in [2.75, 3.05) is 0 Å². The van der Waals surface area contributed by atoms with Crippen LogP contribution in [0.1, 0.15) is 25.0 Å². The molecule has 0 saturated heterocycles. The van der Waals surface area contributed by atoms with Gasteiger partial charge in [0.05, 0.1) is 0 Å². The highest BCUT2D eigenvalue weighted by atomic mass is 35.5. The zero-order valence-electron chi connectivity index (χ0n) is 12.0. The number of hydrogen-bond donors (Lipinski definition) is 1. The van der Waals surface area contributed by atoms with Gasteiger partial charge in [0.1, 0.15) is 5.03 Å². The van der Waals surface area contributed by atoms with Gasteiger partial charge in [-0.15, -0.1) is 0 Å². The van der Waals surface area contributed by atoms with Gasteiger partial charge in [-0.2, -0.15) is 0 Å². The molecule has 0 unspecified atom stereocenters. The van der Waals surface area contributed by atoms with Gasteiger partial charge in [-0.3, -0.25) is 0 Å². The summed E-state index contributed by atoms with van der Waals surface area (Å²) in [6.45, 7) is 7.24. The highest BCUT2D eigenvalue weighted by Crippen LogP contribution is 2.30. The van der Waals surface area contributed by atoms with E-state index < -0.39 is 0 Å². The molecule has 0 aliphatic heterocycles. The van der Waals surface area contributed by atoms with Crippen LogP contribution in [-0.4, -0.2) is 11.0 Å². The zero-order valence-corrected chi connectivity index (χ0v) is 13.6. The third-order valence-corrected chi connectivity index (χ3v) is 4.16. The van der Waals surface area contributed by atoms with Crippen molar-refractivity contribution in [1.82, 2.24) is 10.3 Å². The van der Waals surface area contributed by atoms with Gasteiger partial charge in [-0.25, -0.2) is 4.98 Å². The number of aromatic nitrogens is 1. The fraction of sp³-hybridized carbons (Fsp3) is 0.312. The van der Waals surface area contributed by atoms with E-state index >= 15 is 0 Å². The third-order valence-electron chi connectivity index (χ3n) is 2.81. The van der Waals surface area contributed by atoms with Crippen molar-refractivity contribution in [1.29, 1.82) is 0 Å². The minimum atomic E-state index is 0.482. The highest BCUT2D eigenvalue weighted by Gasteiger charge is 2.05. The third kappa shape index (κ3) is 4.51. The second kappa shape index (κ2) is 7.11. The summed E-state index contributed by atoms with van der Waals surface area (Å²) in [4.78, 5) is 5.67. The standard InChI is InChI=1S/C16H19ClN2S/c1-11(2)18-9-13-7-12(3)16(19-10-13)20-15-6-4-5-14(17)8-15/h4-8,10-11,18H,9H2,1-3H3. The SMILES string of the molecule is Cc1cc(CNC(C)C)cnc1Sc1cccc(Cl)c1. The van der Waals surface area contributed by atoms with E-state index in [-0.39, 0.29) is 0 Å². The van der Waals surface area contributed by atoms with Gasteiger partial charge in [-0.05, 0) is 36.2 Å². The number of pyridine rings is 1. The molecule has 2 aromatic rings. The van der Waals surface area contributed by atoms with Gasteiger partial charge < -0.3 is 5.32 Å². The Morgan fingerprint density at radius 1 is 1.30 bits per heavy atom. The molecule has 0 aliphatic carbocycles. The number of aryl methyl sites for hydroxylation is 1. The smallest absolute Gasteiger partial charge is 0.104 e. The molecule has 0 radical (unpaired) electrons. The maximum Gasteiger partial charge on any atom is 0.104 e. The molecule has 0 aliphatic rings. The summed E-state index contributed by atoms with van der Waals surface area (Å²) in [7, 11) is 0. The topological polar surface area (TPSA) is 24.9 Å². The van der Waals surface area contributed by atoms with Gasteiger partial charge in [0.25, 0.3) is 0 Å². The second-order valence-corrected chi connectivity index (χ2v) is 6.56. The maximum absolute atomic E-state index is 6.00. The van der Waals surface area contributed by atoms with Crippen molar-refractivity contribution in [2.45, 2.75) is 43.3 Å². The largest absolute Gasteiger partial charge is 0.310 e. The zero-order chi connectivity index (χ0) is 14.5. The summed E-state index contributed by atoms with van der Waals surface area (Å²) in [5.41, 5.74) is 2.41. The Balaban J connectivity index is 2.09. The minimum absolute atomic E-state index is 0.482. The lowest BCUT2D eigenvalue weighted by atomic mass is 10.2. The molecule has 20 heavy (non-hydrogen) atoms. The summed E-state index contributed by atoms with van der Waals surface area (Å²) in [6, 6.07) is 10.5. The van der Waals surface area contributed by atoms with E-state index in [0.29, 0.717) is 6.04 Å². The molecule has 0 bridgehead atoms. The number of halogens is 1. The van der Waals surface area contributed by atoms with Crippen LogP contribution in [0.5, 0.6) is 0 Å². The van der Waals surface area contributed by atoms with Crippen LogP contribution in [0.25, 0.3) is 0 Å². The number of nitrogens with one attached hydrogen (secondary N) is 1. The van der Waals surface area contributed by atoms with E-state index in [2.05, 4.69) is 37.1 Å². The van der Waals surface area contributed by atoms with Crippen LogP contribution in [0.3, 0.4) is 0 Å². The van der Waals surface area contributed by atoms with E-state index in [1.54, 1.807) is 11.8 Å². The molecular formula is C16H19ClN2S. The van der Waals surface area contributed by atoms with E-state index in [4.69, 9.17) is 11.6 Å². The fourth-order valence-electron chi connectivity index (χ4n) is 1.79. The molecular weight excluding hydrogens is 288 g/mol. The van der Waals surface area contributed by atoms with Crippen molar-refractivity contribution in [3.63, 3.8) is 0 Å².